The van der Waals surface area contributed by atoms with E-state index < -0.39 is 11.3 Å². The van der Waals surface area contributed by atoms with E-state index in [9.17, 15) is 9.59 Å². The van der Waals surface area contributed by atoms with E-state index in [1.54, 1.807) is 18.2 Å². The zero-order valence-corrected chi connectivity index (χ0v) is 12.4. The van der Waals surface area contributed by atoms with E-state index >= 15 is 0 Å². The summed E-state index contributed by atoms with van der Waals surface area (Å²) in [6, 6.07) is 9.55. The number of hydrogen-bond acceptors (Lipinski definition) is 3. The predicted octanol–water partition coefficient (Wildman–Crippen LogP) is 3.56. The summed E-state index contributed by atoms with van der Waals surface area (Å²) in [5.74, 6) is -0.769. The average molecular weight is 322 g/mol. The van der Waals surface area contributed by atoms with E-state index in [0.717, 1.165) is 10.1 Å². The van der Waals surface area contributed by atoms with Crippen LogP contribution in [0.25, 0.3) is 16.7 Å². The molecule has 0 spiro atoms. The molecule has 0 radical (unpaired) electrons. The van der Waals surface area contributed by atoms with Gasteiger partial charge in [-0.15, -0.1) is 0 Å². The summed E-state index contributed by atoms with van der Waals surface area (Å²) >= 11 is 11.8. The summed E-state index contributed by atoms with van der Waals surface area (Å²) in [6.45, 7) is 1.85. The Hall–Kier alpha value is -2.04. The maximum Gasteiger partial charge on any atom is 0.426 e. The fourth-order valence-corrected chi connectivity index (χ4v) is 2.38. The van der Waals surface area contributed by atoms with E-state index in [1.807, 2.05) is 6.92 Å². The van der Waals surface area contributed by atoms with Crippen LogP contribution in [0.4, 0.5) is 0 Å². The molecule has 21 heavy (non-hydrogen) atoms. The third kappa shape index (κ3) is 2.37. The van der Waals surface area contributed by atoms with Crippen LogP contribution >= 0.6 is 23.2 Å². The van der Waals surface area contributed by atoms with Gasteiger partial charge in [-0.3, -0.25) is 4.79 Å². The molecule has 106 valence electrons. The minimum Gasteiger partial charge on any atom is -0.409 e. The second-order valence-electron chi connectivity index (χ2n) is 4.61. The highest BCUT2D eigenvalue weighted by molar-refractivity contribution is 6.42. The number of aromatic nitrogens is 1. The first-order valence-corrected chi connectivity index (χ1v) is 6.85. The quantitative estimate of drug-likeness (QED) is 0.688. The highest BCUT2D eigenvalue weighted by Gasteiger charge is 2.12. The van der Waals surface area contributed by atoms with E-state index in [1.165, 1.54) is 18.2 Å². The standard InChI is InChI=1S/C15H9Cl2NO3/c1-8-2-5-13-10(6-8)14(19)18(15(20)21-13)9-3-4-11(16)12(17)7-9/h2-7H,1H3. The maximum atomic E-state index is 12.5. The van der Waals surface area contributed by atoms with Gasteiger partial charge in [0.1, 0.15) is 5.58 Å². The number of halogens is 2. The Bertz CT molecular complexity index is 973. The monoisotopic (exact) mass is 321 g/mol. The first-order valence-electron chi connectivity index (χ1n) is 6.09. The van der Waals surface area contributed by atoms with Crippen LogP contribution in [0, 0.1) is 6.92 Å². The van der Waals surface area contributed by atoms with Gasteiger partial charge in [0, 0.05) is 0 Å². The SMILES string of the molecule is Cc1ccc2oc(=O)n(-c3ccc(Cl)c(Cl)c3)c(=O)c2c1. The summed E-state index contributed by atoms with van der Waals surface area (Å²) in [5, 5.41) is 0.931. The van der Waals surface area contributed by atoms with Crippen molar-refractivity contribution in [1.29, 1.82) is 0 Å². The number of aryl methyl sites for hydroxylation is 1. The minimum atomic E-state index is -0.769. The second kappa shape index (κ2) is 5.06. The van der Waals surface area contributed by atoms with Crippen LogP contribution in [0.5, 0.6) is 0 Å². The smallest absolute Gasteiger partial charge is 0.409 e. The number of hydrogen-bond donors (Lipinski definition) is 0. The van der Waals surface area contributed by atoms with Crippen LogP contribution in [-0.2, 0) is 0 Å². The minimum absolute atomic E-state index is 0.254. The van der Waals surface area contributed by atoms with Crippen LogP contribution in [0.2, 0.25) is 10.0 Å². The number of fused-ring (bicyclic) bond motifs is 1. The maximum absolute atomic E-state index is 12.5. The van der Waals surface area contributed by atoms with Crippen LogP contribution < -0.4 is 11.3 Å². The van der Waals surface area contributed by atoms with Crippen molar-refractivity contribution in [2.75, 3.05) is 0 Å². The van der Waals surface area contributed by atoms with Gasteiger partial charge < -0.3 is 4.42 Å². The van der Waals surface area contributed by atoms with Gasteiger partial charge in [-0.25, -0.2) is 9.36 Å². The normalized spacial score (nSPS) is 11.0. The molecule has 0 N–H and O–H groups in total. The molecule has 0 amide bonds. The average Bonchev–Trinajstić information content (AvgIpc) is 2.44. The Morgan fingerprint density at radius 2 is 1.76 bits per heavy atom. The molecule has 0 aliphatic carbocycles. The second-order valence-corrected chi connectivity index (χ2v) is 5.42. The lowest BCUT2D eigenvalue weighted by Crippen LogP contribution is -2.30. The summed E-state index contributed by atoms with van der Waals surface area (Å²) < 4.78 is 6.12. The van der Waals surface area contributed by atoms with Crippen molar-refractivity contribution in [2.24, 2.45) is 0 Å². The Morgan fingerprint density at radius 1 is 1.00 bits per heavy atom. The predicted molar refractivity (Wildman–Crippen MR) is 82.8 cm³/mol. The van der Waals surface area contributed by atoms with Crippen molar-refractivity contribution >= 4 is 34.2 Å². The van der Waals surface area contributed by atoms with Gasteiger partial charge >= 0.3 is 5.76 Å². The van der Waals surface area contributed by atoms with Gasteiger partial charge in [0.05, 0.1) is 21.1 Å². The Balaban J connectivity index is 2.39. The highest BCUT2D eigenvalue weighted by Crippen LogP contribution is 2.23. The fourth-order valence-electron chi connectivity index (χ4n) is 2.09. The number of rotatable bonds is 1. The third-order valence-corrected chi connectivity index (χ3v) is 3.85. The summed E-state index contributed by atoms with van der Waals surface area (Å²) in [6.07, 6.45) is 0. The van der Waals surface area contributed by atoms with Crippen LogP contribution in [0.1, 0.15) is 5.56 Å². The van der Waals surface area contributed by atoms with Crippen molar-refractivity contribution < 1.29 is 4.42 Å². The molecule has 1 aromatic heterocycles. The molecule has 2 aromatic carbocycles. The number of nitrogens with zero attached hydrogens (tertiary/aromatic N) is 1. The van der Waals surface area contributed by atoms with Gasteiger partial charge in [0.15, 0.2) is 0 Å². The lowest BCUT2D eigenvalue weighted by atomic mass is 10.2. The molecule has 0 saturated carbocycles. The first kappa shape index (κ1) is 13.9. The number of benzene rings is 2. The molecular weight excluding hydrogens is 313 g/mol. The van der Waals surface area contributed by atoms with E-state index in [4.69, 9.17) is 27.6 Å². The molecule has 3 aromatic rings. The molecule has 6 heteroatoms. The molecule has 0 fully saturated rings. The molecule has 3 rings (SSSR count). The van der Waals surface area contributed by atoms with Gasteiger partial charge in [0.25, 0.3) is 5.56 Å². The van der Waals surface area contributed by atoms with Gasteiger partial charge in [-0.1, -0.05) is 34.8 Å². The fraction of sp³-hybridized carbons (Fsp3) is 0.0667. The van der Waals surface area contributed by atoms with E-state index in [2.05, 4.69) is 0 Å². The van der Waals surface area contributed by atoms with Crippen molar-refractivity contribution in [1.82, 2.24) is 4.57 Å². The van der Waals surface area contributed by atoms with Crippen LogP contribution in [0.3, 0.4) is 0 Å². The molecule has 0 aliphatic rings. The molecule has 0 atom stereocenters. The largest absolute Gasteiger partial charge is 0.426 e. The van der Waals surface area contributed by atoms with Gasteiger partial charge in [-0.05, 0) is 37.3 Å². The topological polar surface area (TPSA) is 52.2 Å². The Kier molecular flexibility index (Phi) is 3.35. The zero-order valence-electron chi connectivity index (χ0n) is 10.9. The van der Waals surface area contributed by atoms with Crippen molar-refractivity contribution in [3.8, 4) is 5.69 Å². The molecule has 0 aliphatic heterocycles. The van der Waals surface area contributed by atoms with Gasteiger partial charge in [0.2, 0.25) is 0 Å². The lowest BCUT2D eigenvalue weighted by Gasteiger charge is -2.06. The highest BCUT2D eigenvalue weighted by atomic mass is 35.5. The van der Waals surface area contributed by atoms with Crippen molar-refractivity contribution in [3.63, 3.8) is 0 Å². The third-order valence-electron chi connectivity index (χ3n) is 3.11. The lowest BCUT2D eigenvalue weighted by molar-refractivity contribution is 0.504. The molecule has 0 saturated heterocycles. The first-order chi connectivity index (χ1) is 9.97. The molecule has 1 heterocycles. The van der Waals surface area contributed by atoms with Crippen LogP contribution in [-0.4, -0.2) is 4.57 Å². The van der Waals surface area contributed by atoms with E-state index in [-0.39, 0.29) is 10.6 Å². The summed E-state index contributed by atoms with van der Waals surface area (Å²) in [5.41, 5.74) is 1.01. The Morgan fingerprint density at radius 3 is 2.48 bits per heavy atom. The molecular formula is C15H9Cl2NO3. The van der Waals surface area contributed by atoms with E-state index in [0.29, 0.717) is 16.1 Å². The summed E-state index contributed by atoms with van der Waals surface area (Å²) in [7, 11) is 0. The van der Waals surface area contributed by atoms with Crippen molar-refractivity contribution in [2.45, 2.75) is 6.92 Å². The zero-order chi connectivity index (χ0) is 15.1. The molecule has 4 nitrogen and oxygen atoms in total. The Labute approximate surface area is 129 Å². The molecule has 0 unspecified atom stereocenters. The van der Waals surface area contributed by atoms with Crippen LogP contribution in [0.15, 0.2) is 50.4 Å². The van der Waals surface area contributed by atoms with Gasteiger partial charge in [-0.2, -0.15) is 0 Å². The molecule has 0 bridgehead atoms. The van der Waals surface area contributed by atoms with Crippen molar-refractivity contribution in [3.05, 3.63) is 72.9 Å². The summed E-state index contributed by atoms with van der Waals surface area (Å²) in [4.78, 5) is 24.6.